The zero-order valence-corrected chi connectivity index (χ0v) is 21.9. The van der Waals surface area contributed by atoms with Crippen LogP contribution in [0.1, 0.15) is 34.3 Å². The van der Waals surface area contributed by atoms with Crippen molar-refractivity contribution in [2.75, 3.05) is 53.7 Å². The highest BCUT2D eigenvalue weighted by Gasteiger charge is 2.30. The van der Waals surface area contributed by atoms with Crippen molar-refractivity contribution in [1.82, 2.24) is 9.80 Å². The van der Waals surface area contributed by atoms with Gasteiger partial charge in [-0.25, -0.2) is 0 Å². The second-order valence-corrected chi connectivity index (χ2v) is 9.11. The van der Waals surface area contributed by atoms with Gasteiger partial charge in [0.15, 0.2) is 23.0 Å². The Labute approximate surface area is 219 Å². The van der Waals surface area contributed by atoms with Crippen LogP contribution in [0.5, 0.6) is 23.0 Å². The quantitative estimate of drug-likeness (QED) is 0.540. The van der Waals surface area contributed by atoms with Gasteiger partial charge in [0.05, 0.1) is 14.2 Å². The summed E-state index contributed by atoms with van der Waals surface area (Å²) in [4.78, 5) is 17.8. The van der Waals surface area contributed by atoms with E-state index in [9.17, 15) is 4.79 Å². The molecule has 35 heavy (non-hydrogen) atoms. The minimum Gasteiger partial charge on any atom is -0.493 e. The zero-order chi connectivity index (χ0) is 22.8. The summed E-state index contributed by atoms with van der Waals surface area (Å²) in [6.45, 7) is 4.98. The summed E-state index contributed by atoms with van der Waals surface area (Å²) < 4.78 is 21.7. The Bertz CT molecular complexity index is 1040. The first-order chi connectivity index (χ1) is 16.1. The van der Waals surface area contributed by atoms with E-state index in [1.54, 1.807) is 14.2 Å². The fourth-order valence-corrected chi connectivity index (χ4v) is 5.23. The molecule has 3 heterocycles. The van der Waals surface area contributed by atoms with Gasteiger partial charge < -0.3 is 28.7 Å². The van der Waals surface area contributed by atoms with Gasteiger partial charge in [0.1, 0.15) is 0 Å². The van der Waals surface area contributed by atoms with Crippen LogP contribution in [0.2, 0.25) is 0 Å². The van der Waals surface area contributed by atoms with Crippen molar-refractivity contribution in [3.63, 3.8) is 0 Å². The normalized spacial score (nSPS) is 18.9. The van der Waals surface area contributed by atoms with E-state index in [0.29, 0.717) is 11.7 Å². The maximum atomic E-state index is 13.2. The lowest BCUT2D eigenvalue weighted by molar-refractivity contribution is 0.0662. The number of amides is 1. The molecule has 1 saturated heterocycles. The van der Waals surface area contributed by atoms with Crippen LogP contribution in [0, 0.1) is 5.92 Å². The van der Waals surface area contributed by atoms with E-state index < -0.39 is 0 Å². The van der Waals surface area contributed by atoms with Crippen LogP contribution in [-0.4, -0.2) is 69.4 Å². The molecule has 3 aliphatic heterocycles. The van der Waals surface area contributed by atoms with Crippen molar-refractivity contribution in [3.8, 4) is 23.0 Å². The summed E-state index contributed by atoms with van der Waals surface area (Å²) in [7, 11) is 3.33. The molecule has 5 rings (SSSR count). The molecule has 3 aliphatic rings. The molecule has 0 radical (unpaired) electrons. The lowest BCUT2D eigenvalue weighted by Gasteiger charge is -2.37. The molecule has 0 aromatic heterocycles. The van der Waals surface area contributed by atoms with Crippen LogP contribution in [0.25, 0.3) is 0 Å². The first-order valence-corrected chi connectivity index (χ1v) is 11.8. The Kier molecular flexibility index (Phi) is 9.39. The Hall–Kier alpha value is -2.35. The van der Waals surface area contributed by atoms with E-state index in [1.165, 1.54) is 18.4 Å². The summed E-state index contributed by atoms with van der Waals surface area (Å²) >= 11 is 0. The summed E-state index contributed by atoms with van der Waals surface area (Å²) in [6.07, 6.45) is 4.18. The summed E-state index contributed by atoms with van der Waals surface area (Å²) in [5, 5.41) is 0. The molecule has 0 bridgehead atoms. The topological polar surface area (TPSA) is 60.5 Å². The van der Waals surface area contributed by atoms with Crippen LogP contribution < -0.4 is 18.9 Å². The molecule has 0 saturated carbocycles. The third kappa shape index (κ3) is 5.90. The van der Waals surface area contributed by atoms with Crippen molar-refractivity contribution in [1.29, 1.82) is 0 Å². The van der Waals surface area contributed by atoms with E-state index in [2.05, 4.69) is 17.0 Å². The van der Waals surface area contributed by atoms with E-state index in [-0.39, 0.29) is 37.5 Å². The van der Waals surface area contributed by atoms with Gasteiger partial charge in [-0.15, -0.1) is 24.8 Å². The monoisotopic (exact) mass is 524 g/mol. The highest BCUT2D eigenvalue weighted by Crippen LogP contribution is 2.37. The largest absolute Gasteiger partial charge is 0.493 e. The number of carbonyl (C=O) groups excluding carboxylic acids is 1. The number of nitrogens with zero attached hydrogens (tertiary/aromatic N) is 2. The summed E-state index contributed by atoms with van der Waals surface area (Å²) in [5.41, 5.74) is 3.09. The van der Waals surface area contributed by atoms with Crippen LogP contribution in [0.15, 0.2) is 30.3 Å². The van der Waals surface area contributed by atoms with Gasteiger partial charge in [0.2, 0.25) is 6.79 Å². The highest BCUT2D eigenvalue weighted by atomic mass is 35.5. The maximum Gasteiger partial charge on any atom is 0.254 e. The lowest BCUT2D eigenvalue weighted by atomic mass is 9.93. The molecule has 9 heteroatoms. The van der Waals surface area contributed by atoms with Crippen LogP contribution in [0.4, 0.5) is 0 Å². The molecule has 0 spiro atoms. The van der Waals surface area contributed by atoms with Gasteiger partial charge in [0.25, 0.3) is 5.91 Å². The van der Waals surface area contributed by atoms with Gasteiger partial charge in [-0.05, 0) is 73.5 Å². The Balaban J connectivity index is 0.00000171. The number of hydrogen-bond acceptors (Lipinski definition) is 6. The summed E-state index contributed by atoms with van der Waals surface area (Å²) in [6, 6.07) is 9.99. The van der Waals surface area contributed by atoms with Gasteiger partial charge in [-0.1, -0.05) is 6.07 Å². The van der Waals surface area contributed by atoms with Gasteiger partial charge in [-0.3, -0.25) is 4.79 Å². The molecule has 1 atom stereocenters. The molecule has 1 unspecified atom stereocenters. The fourth-order valence-electron chi connectivity index (χ4n) is 5.23. The number of carbonyl (C=O) groups is 1. The third-order valence-electron chi connectivity index (χ3n) is 7.01. The van der Waals surface area contributed by atoms with Gasteiger partial charge >= 0.3 is 0 Å². The molecule has 2 aromatic rings. The third-order valence-corrected chi connectivity index (χ3v) is 7.01. The van der Waals surface area contributed by atoms with Gasteiger partial charge in [0, 0.05) is 31.7 Å². The predicted molar refractivity (Wildman–Crippen MR) is 139 cm³/mol. The van der Waals surface area contributed by atoms with E-state index in [1.807, 2.05) is 23.1 Å². The number of rotatable bonds is 7. The minimum absolute atomic E-state index is 0. The number of ether oxygens (including phenoxy) is 4. The van der Waals surface area contributed by atoms with Crippen LogP contribution >= 0.6 is 24.8 Å². The average Bonchev–Trinajstić information content (AvgIpc) is 3.31. The van der Waals surface area contributed by atoms with Crippen molar-refractivity contribution in [3.05, 3.63) is 47.0 Å². The fraction of sp³-hybridized carbons (Fsp3) is 0.500. The number of fused-ring (bicyclic) bond motifs is 2. The van der Waals surface area contributed by atoms with Crippen molar-refractivity contribution >= 4 is 30.7 Å². The molecule has 1 amide bonds. The predicted octanol–water partition coefficient (Wildman–Crippen LogP) is 4.23. The van der Waals surface area contributed by atoms with Crippen molar-refractivity contribution in [2.24, 2.45) is 5.92 Å². The molecule has 1 fully saturated rings. The average molecular weight is 525 g/mol. The number of hydrogen-bond donors (Lipinski definition) is 0. The minimum atomic E-state index is 0. The van der Waals surface area contributed by atoms with E-state index >= 15 is 0 Å². The highest BCUT2D eigenvalue weighted by molar-refractivity contribution is 5.97. The number of likely N-dealkylation sites (tertiary alicyclic amines) is 1. The second kappa shape index (κ2) is 12.1. The Morgan fingerprint density at radius 1 is 1.00 bits per heavy atom. The molecule has 192 valence electrons. The molecule has 2 aromatic carbocycles. The Morgan fingerprint density at radius 2 is 1.77 bits per heavy atom. The molecule has 0 N–H and O–H groups in total. The molecular formula is C26H34Cl2N2O5. The van der Waals surface area contributed by atoms with Crippen molar-refractivity contribution in [2.45, 2.75) is 25.7 Å². The molecule has 7 nitrogen and oxygen atoms in total. The maximum absolute atomic E-state index is 13.2. The van der Waals surface area contributed by atoms with E-state index in [0.717, 1.165) is 73.9 Å². The number of methoxy groups -OCH3 is 2. The SMILES string of the molecule is COc1ccc(CCN2CCCC(CN3CCc4cc5c(cc4C3=O)OCO5)C2)cc1OC.Cl.Cl. The standard InChI is InChI=1S/C26H32N2O5.2ClH/c1-30-22-6-5-18(12-23(22)31-2)7-10-27-9-3-4-19(15-27)16-28-11-8-20-13-24-25(33-17-32-24)14-21(20)26(28)29;;/h5-6,12-14,19H,3-4,7-11,15-17H2,1-2H3;2*1H. The molecule has 0 aliphatic carbocycles. The first kappa shape index (κ1) is 27.2. The lowest BCUT2D eigenvalue weighted by Crippen LogP contribution is -2.45. The number of benzene rings is 2. The number of piperidine rings is 1. The first-order valence-electron chi connectivity index (χ1n) is 11.8. The van der Waals surface area contributed by atoms with Crippen LogP contribution in [0.3, 0.4) is 0 Å². The second-order valence-electron chi connectivity index (χ2n) is 9.11. The zero-order valence-electron chi connectivity index (χ0n) is 20.3. The Morgan fingerprint density at radius 3 is 2.54 bits per heavy atom. The van der Waals surface area contributed by atoms with Crippen LogP contribution in [-0.2, 0) is 12.8 Å². The number of halogens is 2. The summed E-state index contributed by atoms with van der Waals surface area (Å²) in [5.74, 6) is 3.60. The van der Waals surface area contributed by atoms with E-state index in [4.69, 9.17) is 18.9 Å². The van der Waals surface area contributed by atoms with Crippen molar-refractivity contribution < 1.29 is 23.7 Å². The smallest absolute Gasteiger partial charge is 0.254 e. The molecular weight excluding hydrogens is 491 g/mol. The van der Waals surface area contributed by atoms with Gasteiger partial charge in [-0.2, -0.15) is 0 Å².